The van der Waals surface area contributed by atoms with E-state index in [9.17, 15) is 26.5 Å². The van der Waals surface area contributed by atoms with Gasteiger partial charge in [0.1, 0.15) is 36.1 Å². The van der Waals surface area contributed by atoms with E-state index in [1.807, 2.05) is 60.7 Å². The zero-order valence-electron chi connectivity index (χ0n) is 29.2. The lowest BCUT2D eigenvalue weighted by Gasteiger charge is -2.48. The van der Waals surface area contributed by atoms with Gasteiger partial charge >= 0.3 is 6.09 Å². The fourth-order valence-corrected chi connectivity index (χ4v) is 6.06. The summed E-state index contributed by atoms with van der Waals surface area (Å²) in [6.07, 6.45) is -7.62. The Hall–Kier alpha value is -4.86. The summed E-state index contributed by atoms with van der Waals surface area (Å²) in [6.45, 7) is 8.76. The molecule has 2 aromatic rings. The molecule has 10 atom stereocenters. The Kier molecular flexibility index (Phi) is 15.1. The van der Waals surface area contributed by atoms with Crippen molar-refractivity contribution >= 4 is 6.09 Å². The standard InChI is InChI=1S/C34H44N10O8/c1-5-16-47-28-23(39-33(46)52-34(2,3)4)17-24(40-43-36)29(27(28)45)51-32-26(41-44-37)31(49-20-22-14-10-7-11-15-22)30(25(50-32)18-38-42-35)48-19-21-12-8-6-9-13-21/h5-15,23-32,45H,1,16-20H2,2-4H3,(H,39,46)/t23-,24?,25?,26?,27-,28?,29?,30+,31-,32+/m1/s1. The number of aliphatic hydroxyl groups excluding tert-OH is 1. The molecule has 2 fully saturated rings. The molecule has 0 radical (unpaired) electrons. The van der Waals surface area contributed by atoms with Gasteiger partial charge in [0.05, 0.1) is 50.7 Å². The molecule has 278 valence electrons. The van der Waals surface area contributed by atoms with E-state index in [0.717, 1.165) is 11.1 Å². The molecule has 2 aromatic carbocycles. The van der Waals surface area contributed by atoms with Crippen molar-refractivity contribution in [2.24, 2.45) is 15.3 Å². The minimum atomic E-state index is -1.52. The fourth-order valence-electron chi connectivity index (χ4n) is 6.06. The predicted molar refractivity (Wildman–Crippen MR) is 187 cm³/mol. The maximum atomic E-state index is 12.8. The maximum absolute atomic E-state index is 12.8. The van der Waals surface area contributed by atoms with Crippen LogP contribution < -0.4 is 5.32 Å². The highest BCUT2D eigenvalue weighted by molar-refractivity contribution is 5.68. The van der Waals surface area contributed by atoms with Crippen LogP contribution in [0.2, 0.25) is 0 Å². The Labute approximate surface area is 300 Å². The summed E-state index contributed by atoms with van der Waals surface area (Å²) in [5.41, 5.74) is 29.4. The van der Waals surface area contributed by atoms with Crippen molar-refractivity contribution in [2.75, 3.05) is 13.2 Å². The quantitative estimate of drug-likeness (QED) is 0.0876. The lowest BCUT2D eigenvalue weighted by Crippen LogP contribution is -2.65. The monoisotopic (exact) mass is 720 g/mol. The number of rotatable bonds is 16. The molecule has 18 nitrogen and oxygen atoms in total. The van der Waals surface area contributed by atoms with E-state index in [-0.39, 0.29) is 32.8 Å². The molecule has 52 heavy (non-hydrogen) atoms. The molecular weight excluding hydrogens is 676 g/mol. The topological polar surface area (TPSA) is 251 Å². The Morgan fingerprint density at radius 1 is 0.923 bits per heavy atom. The largest absolute Gasteiger partial charge is 0.444 e. The van der Waals surface area contributed by atoms with Gasteiger partial charge in [0, 0.05) is 14.7 Å². The second kappa shape index (κ2) is 19.7. The van der Waals surface area contributed by atoms with Gasteiger partial charge in [0.15, 0.2) is 6.29 Å². The molecule has 1 aliphatic carbocycles. The third-order valence-corrected chi connectivity index (χ3v) is 8.24. The molecule has 2 aliphatic rings. The summed E-state index contributed by atoms with van der Waals surface area (Å²) in [5.74, 6) is 0. The second-order valence-electron chi connectivity index (χ2n) is 13.1. The van der Waals surface area contributed by atoms with Gasteiger partial charge in [0.25, 0.3) is 0 Å². The van der Waals surface area contributed by atoms with Crippen LogP contribution in [0.1, 0.15) is 38.3 Å². The number of aliphatic hydroxyl groups is 1. The van der Waals surface area contributed by atoms with Gasteiger partial charge < -0.3 is 38.8 Å². The first-order chi connectivity index (χ1) is 25.1. The van der Waals surface area contributed by atoms with Crippen molar-refractivity contribution in [3.8, 4) is 0 Å². The minimum absolute atomic E-state index is 0.00151. The molecule has 1 aliphatic heterocycles. The summed E-state index contributed by atoms with van der Waals surface area (Å²) in [7, 11) is 0. The van der Waals surface area contributed by atoms with Crippen LogP contribution in [0.15, 0.2) is 88.7 Å². The first-order valence-corrected chi connectivity index (χ1v) is 16.7. The van der Waals surface area contributed by atoms with Gasteiger partial charge in [-0.3, -0.25) is 0 Å². The molecule has 0 bridgehead atoms. The van der Waals surface area contributed by atoms with Crippen LogP contribution in [0.3, 0.4) is 0 Å². The number of nitrogens with zero attached hydrogens (tertiary/aromatic N) is 9. The minimum Gasteiger partial charge on any atom is -0.444 e. The highest BCUT2D eigenvalue weighted by Gasteiger charge is 2.52. The number of azide groups is 3. The van der Waals surface area contributed by atoms with Gasteiger partial charge in [-0.1, -0.05) is 82.1 Å². The molecular formula is C34H44N10O8. The summed E-state index contributed by atoms with van der Waals surface area (Å²) in [5, 5.41) is 26.1. The number of benzene rings is 2. The van der Waals surface area contributed by atoms with Crippen LogP contribution in [-0.2, 0) is 41.6 Å². The fraction of sp³-hybridized carbons (Fsp3) is 0.559. The van der Waals surface area contributed by atoms with Crippen molar-refractivity contribution in [1.82, 2.24) is 5.32 Å². The molecule has 2 N–H and O–H groups in total. The number of ether oxygens (including phenoxy) is 6. The number of nitrogens with one attached hydrogen (secondary N) is 1. The maximum Gasteiger partial charge on any atom is 0.407 e. The Balaban J connectivity index is 1.69. The van der Waals surface area contributed by atoms with E-state index in [0.29, 0.717) is 0 Å². The molecule has 1 amide bonds. The number of amides is 1. The van der Waals surface area contributed by atoms with Crippen molar-refractivity contribution in [3.05, 3.63) is 116 Å². The van der Waals surface area contributed by atoms with E-state index in [1.54, 1.807) is 20.8 Å². The van der Waals surface area contributed by atoms with Crippen molar-refractivity contribution in [2.45, 2.75) is 107 Å². The summed E-state index contributed by atoms with van der Waals surface area (Å²) in [6, 6.07) is 15.4. The van der Waals surface area contributed by atoms with E-state index < -0.39 is 72.7 Å². The van der Waals surface area contributed by atoms with Crippen LogP contribution >= 0.6 is 0 Å². The van der Waals surface area contributed by atoms with Crippen LogP contribution in [0.25, 0.3) is 31.3 Å². The van der Waals surface area contributed by atoms with E-state index >= 15 is 0 Å². The van der Waals surface area contributed by atoms with E-state index in [1.165, 1.54) is 6.08 Å². The zero-order chi connectivity index (χ0) is 37.5. The van der Waals surface area contributed by atoms with E-state index in [4.69, 9.17) is 28.4 Å². The van der Waals surface area contributed by atoms with Crippen LogP contribution in [-0.4, -0.2) is 91.0 Å². The van der Waals surface area contributed by atoms with Gasteiger partial charge in [-0.15, -0.1) is 6.58 Å². The third-order valence-electron chi connectivity index (χ3n) is 8.24. The van der Waals surface area contributed by atoms with Gasteiger partial charge in [-0.2, -0.15) is 0 Å². The highest BCUT2D eigenvalue weighted by Crippen LogP contribution is 2.35. The Morgan fingerprint density at radius 2 is 1.54 bits per heavy atom. The summed E-state index contributed by atoms with van der Waals surface area (Å²) in [4.78, 5) is 21.7. The number of carbonyl (C=O) groups is 1. The Morgan fingerprint density at radius 3 is 2.10 bits per heavy atom. The molecule has 1 saturated carbocycles. The number of hydrogen-bond acceptors (Lipinski definition) is 11. The number of carbonyl (C=O) groups excluding carboxylic acids is 1. The lowest BCUT2D eigenvalue weighted by atomic mass is 9.83. The molecule has 0 spiro atoms. The molecule has 1 saturated heterocycles. The SMILES string of the molecule is C=CCOC1[C@@H](O)C(O[C@@H]2OC(CN=[N+]=[N-])[C@H](OCc3ccccc3)[C@H](OCc3ccccc3)C2N=[N+]=[N-])C(N=[N+]=[N-])C[C@H]1NC(=O)OC(C)(C)C. The predicted octanol–water partition coefficient (Wildman–Crippen LogP) is 6.16. The van der Waals surface area contributed by atoms with Crippen LogP contribution in [0, 0.1) is 0 Å². The molecule has 0 aromatic heterocycles. The summed E-state index contributed by atoms with van der Waals surface area (Å²) >= 11 is 0. The molecule has 18 heteroatoms. The highest BCUT2D eigenvalue weighted by atomic mass is 16.7. The van der Waals surface area contributed by atoms with Gasteiger partial charge in [0.2, 0.25) is 0 Å². The average molecular weight is 721 g/mol. The van der Waals surface area contributed by atoms with Crippen LogP contribution in [0.5, 0.6) is 0 Å². The Bertz CT molecular complexity index is 1600. The van der Waals surface area contributed by atoms with Gasteiger partial charge in [-0.05, 0) is 54.9 Å². The number of alkyl carbamates (subject to hydrolysis) is 1. The zero-order valence-corrected chi connectivity index (χ0v) is 29.2. The van der Waals surface area contributed by atoms with E-state index in [2.05, 4.69) is 42.0 Å². The molecule has 5 unspecified atom stereocenters. The summed E-state index contributed by atoms with van der Waals surface area (Å²) < 4.78 is 36.8. The van der Waals surface area contributed by atoms with Gasteiger partial charge in [-0.25, -0.2) is 4.79 Å². The normalized spacial score (nSPS) is 28.6. The van der Waals surface area contributed by atoms with Crippen molar-refractivity contribution < 1.29 is 38.3 Å². The molecule has 1 heterocycles. The lowest BCUT2D eigenvalue weighted by molar-refractivity contribution is -0.301. The van der Waals surface area contributed by atoms with Crippen molar-refractivity contribution in [3.63, 3.8) is 0 Å². The molecule has 4 rings (SSSR count). The first-order valence-electron chi connectivity index (χ1n) is 16.7. The first kappa shape index (κ1) is 39.9. The van der Waals surface area contributed by atoms with Crippen LogP contribution in [0.4, 0.5) is 4.79 Å². The average Bonchev–Trinajstić information content (AvgIpc) is 3.11. The third kappa shape index (κ3) is 11.3. The number of hydrogen-bond donors (Lipinski definition) is 2. The second-order valence-corrected chi connectivity index (χ2v) is 13.1. The smallest absolute Gasteiger partial charge is 0.407 e. The van der Waals surface area contributed by atoms with Crippen molar-refractivity contribution in [1.29, 1.82) is 0 Å².